The fourth-order valence-corrected chi connectivity index (χ4v) is 1.88. The highest BCUT2D eigenvalue weighted by molar-refractivity contribution is 6.37. The molecule has 0 saturated heterocycles. The summed E-state index contributed by atoms with van der Waals surface area (Å²) in [6.45, 7) is 0. The van der Waals surface area contributed by atoms with Gasteiger partial charge in [0, 0.05) is 11.8 Å². The van der Waals surface area contributed by atoms with Crippen LogP contribution in [0.15, 0.2) is 36.5 Å². The van der Waals surface area contributed by atoms with Crippen LogP contribution < -0.4 is 0 Å². The number of rotatable bonds is 2. The molecular formula is C13H6Cl2N2O. The van der Waals surface area contributed by atoms with E-state index < -0.39 is 0 Å². The first-order valence-corrected chi connectivity index (χ1v) is 5.73. The average molecular weight is 277 g/mol. The fraction of sp³-hybridized carbons (Fsp3) is 0. The Morgan fingerprint density at radius 1 is 1.22 bits per heavy atom. The van der Waals surface area contributed by atoms with Crippen LogP contribution in [0.1, 0.15) is 21.5 Å². The third-order valence-electron chi connectivity index (χ3n) is 2.34. The first-order valence-electron chi connectivity index (χ1n) is 4.97. The molecule has 0 atom stereocenters. The van der Waals surface area contributed by atoms with Crippen LogP contribution in [0.2, 0.25) is 10.2 Å². The van der Waals surface area contributed by atoms with E-state index in [-0.39, 0.29) is 21.5 Å². The summed E-state index contributed by atoms with van der Waals surface area (Å²) in [4.78, 5) is 16.0. The Hall–Kier alpha value is -1.89. The highest BCUT2D eigenvalue weighted by atomic mass is 35.5. The van der Waals surface area contributed by atoms with Crippen molar-refractivity contribution in [1.82, 2.24) is 4.98 Å². The summed E-state index contributed by atoms with van der Waals surface area (Å²) in [5.41, 5.74) is 1.22. The molecule has 0 aliphatic heterocycles. The van der Waals surface area contributed by atoms with Crippen LogP contribution in [0, 0.1) is 11.3 Å². The van der Waals surface area contributed by atoms with Gasteiger partial charge in [-0.05, 0) is 30.3 Å². The zero-order valence-corrected chi connectivity index (χ0v) is 10.5. The normalized spacial score (nSPS) is 9.83. The second-order valence-electron chi connectivity index (χ2n) is 3.51. The Morgan fingerprint density at radius 2 is 1.89 bits per heavy atom. The summed E-state index contributed by atoms with van der Waals surface area (Å²) >= 11 is 11.6. The predicted octanol–water partition coefficient (Wildman–Crippen LogP) is 3.49. The molecule has 0 bridgehead atoms. The Kier molecular flexibility index (Phi) is 3.61. The molecule has 18 heavy (non-hydrogen) atoms. The lowest BCUT2D eigenvalue weighted by molar-refractivity contribution is 0.103. The van der Waals surface area contributed by atoms with Gasteiger partial charge in [0.25, 0.3) is 0 Å². The number of ketones is 1. The first-order chi connectivity index (χ1) is 8.61. The van der Waals surface area contributed by atoms with Gasteiger partial charge in [0.1, 0.15) is 5.15 Å². The Balaban J connectivity index is 2.39. The molecule has 0 aliphatic rings. The minimum atomic E-state index is -0.256. The number of benzene rings is 1. The molecule has 0 fully saturated rings. The molecule has 0 spiro atoms. The van der Waals surface area contributed by atoms with Crippen molar-refractivity contribution in [3.63, 3.8) is 0 Å². The second kappa shape index (κ2) is 5.18. The number of hydrogen-bond donors (Lipinski definition) is 0. The molecular weight excluding hydrogens is 271 g/mol. The number of carbonyl (C=O) groups excluding carboxylic acids is 1. The topological polar surface area (TPSA) is 53.8 Å². The lowest BCUT2D eigenvalue weighted by Gasteiger charge is -2.03. The maximum absolute atomic E-state index is 12.1. The lowest BCUT2D eigenvalue weighted by atomic mass is 10.0. The smallest absolute Gasteiger partial charge is 0.196 e. The van der Waals surface area contributed by atoms with E-state index in [2.05, 4.69) is 4.98 Å². The summed E-state index contributed by atoms with van der Waals surface area (Å²) in [6, 6.07) is 9.70. The van der Waals surface area contributed by atoms with Gasteiger partial charge in [0.15, 0.2) is 5.78 Å². The van der Waals surface area contributed by atoms with Gasteiger partial charge < -0.3 is 0 Å². The minimum Gasteiger partial charge on any atom is -0.288 e. The second-order valence-corrected chi connectivity index (χ2v) is 4.30. The minimum absolute atomic E-state index is 0.233. The van der Waals surface area contributed by atoms with Crippen LogP contribution in [-0.4, -0.2) is 10.8 Å². The van der Waals surface area contributed by atoms with Crippen molar-refractivity contribution in [2.75, 3.05) is 0 Å². The molecule has 5 heteroatoms. The van der Waals surface area contributed by atoms with E-state index in [1.807, 2.05) is 6.07 Å². The van der Waals surface area contributed by atoms with Crippen molar-refractivity contribution < 1.29 is 4.79 Å². The first kappa shape index (κ1) is 12.6. The Morgan fingerprint density at radius 3 is 2.44 bits per heavy atom. The van der Waals surface area contributed by atoms with E-state index in [4.69, 9.17) is 28.5 Å². The van der Waals surface area contributed by atoms with Crippen LogP contribution in [0.3, 0.4) is 0 Å². The van der Waals surface area contributed by atoms with Crippen molar-refractivity contribution in [1.29, 1.82) is 5.26 Å². The predicted molar refractivity (Wildman–Crippen MR) is 68.8 cm³/mol. The number of hydrogen-bond acceptors (Lipinski definition) is 3. The molecule has 0 N–H and O–H groups in total. The maximum atomic E-state index is 12.1. The van der Waals surface area contributed by atoms with Crippen molar-refractivity contribution in [3.8, 4) is 6.07 Å². The summed E-state index contributed by atoms with van der Waals surface area (Å²) < 4.78 is 0. The number of pyridine rings is 1. The van der Waals surface area contributed by atoms with Crippen LogP contribution in [0.25, 0.3) is 0 Å². The third-order valence-corrected chi connectivity index (χ3v) is 2.86. The zero-order chi connectivity index (χ0) is 13.1. The van der Waals surface area contributed by atoms with E-state index in [1.54, 1.807) is 24.3 Å². The van der Waals surface area contributed by atoms with E-state index in [0.717, 1.165) is 0 Å². The lowest BCUT2D eigenvalue weighted by Crippen LogP contribution is -2.03. The maximum Gasteiger partial charge on any atom is 0.196 e. The van der Waals surface area contributed by atoms with Crippen molar-refractivity contribution in [2.45, 2.75) is 0 Å². The third kappa shape index (κ3) is 2.51. The molecule has 1 aromatic heterocycles. The summed E-state index contributed by atoms with van der Waals surface area (Å²) in [6.07, 6.45) is 1.34. The largest absolute Gasteiger partial charge is 0.288 e. The molecule has 1 heterocycles. The van der Waals surface area contributed by atoms with Crippen molar-refractivity contribution >= 4 is 29.0 Å². The fourth-order valence-electron chi connectivity index (χ4n) is 1.43. The highest BCUT2D eigenvalue weighted by Crippen LogP contribution is 2.21. The molecule has 2 rings (SSSR count). The molecule has 0 unspecified atom stereocenters. The van der Waals surface area contributed by atoms with Gasteiger partial charge in [-0.2, -0.15) is 5.26 Å². The van der Waals surface area contributed by atoms with E-state index in [0.29, 0.717) is 11.1 Å². The molecule has 0 saturated carbocycles. The number of halogens is 2. The quantitative estimate of drug-likeness (QED) is 0.623. The van der Waals surface area contributed by atoms with Gasteiger partial charge in [0.2, 0.25) is 0 Å². The van der Waals surface area contributed by atoms with Crippen LogP contribution >= 0.6 is 23.2 Å². The van der Waals surface area contributed by atoms with Crippen molar-refractivity contribution in [3.05, 3.63) is 63.4 Å². The molecule has 0 aliphatic carbocycles. The highest BCUT2D eigenvalue weighted by Gasteiger charge is 2.13. The van der Waals surface area contributed by atoms with Gasteiger partial charge in [-0.1, -0.05) is 23.2 Å². The van der Waals surface area contributed by atoms with Crippen molar-refractivity contribution in [2.24, 2.45) is 0 Å². The van der Waals surface area contributed by atoms with Crippen LogP contribution in [0.4, 0.5) is 0 Å². The Bertz CT molecular complexity index is 645. The van der Waals surface area contributed by atoms with Gasteiger partial charge >= 0.3 is 0 Å². The summed E-state index contributed by atoms with van der Waals surface area (Å²) in [5, 5.41) is 9.16. The Labute approximate surface area is 114 Å². The van der Waals surface area contributed by atoms with E-state index in [9.17, 15) is 4.79 Å². The molecule has 0 radical (unpaired) electrons. The van der Waals surface area contributed by atoms with Gasteiger partial charge in [-0.3, -0.25) is 4.79 Å². The van der Waals surface area contributed by atoms with Crippen LogP contribution in [-0.2, 0) is 0 Å². The molecule has 0 amide bonds. The average Bonchev–Trinajstić information content (AvgIpc) is 2.38. The molecule has 3 nitrogen and oxygen atoms in total. The molecule has 2 aromatic rings. The van der Waals surface area contributed by atoms with Gasteiger partial charge in [-0.15, -0.1) is 0 Å². The van der Waals surface area contributed by atoms with E-state index in [1.165, 1.54) is 12.3 Å². The SMILES string of the molecule is N#Cc1ccc(C(=O)c2cnc(Cl)cc2Cl)cc1. The molecule has 1 aromatic carbocycles. The summed E-state index contributed by atoms with van der Waals surface area (Å²) in [7, 11) is 0. The zero-order valence-electron chi connectivity index (χ0n) is 9.02. The monoisotopic (exact) mass is 276 g/mol. The van der Waals surface area contributed by atoms with Crippen LogP contribution in [0.5, 0.6) is 0 Å². The number of nitriles is 1. The standard InChI is InChI=1S/C13H6Cl2N2O/c14-11-5-12(15)17-7-10(11)13(18)9-3-1-8(6-16)2-4-9/h1-5,7H. The molecule has 88 valence electrons. The number of carbonyl (C=O) groups is 1. The number of nitrogens with zero attached hydrogens (tertiary/aromatic N) is 2. The van der Waals surface area contributed by atoms with E-state index >= 15 is 0 Å². The van der Waals surface area contributed by atoms with Gasteiger partial charge in [0.05, 0.1) is 22.2 Å². The number of aromatic nitrogens is 1. The summed E-state index contributed by atoms with van der Waals surface area (Å²) in [5.74, 6) is -0.256. The van der Waals surface area contributed by atoms with Gasteiger partial charge in [-0.25, -0.2) is 4.98 Å².